The minimum absolute atomic E-state index is 0.123. The summed E-state index contributed by atoms with van der Waals surface area (Å²) in [5, 5.41) is 0. The second-order valence-corrected chi connectivity index (χ2v) is 7.17. The normalized spacial score (nSPS) is 10.5. The molecule has 3 heteroatoms. The third kappa shape index (κ3) is 4.43. The van der Waals surface area contributed by atoms with E-state index in [1.54, 1.807) is 6.92 Å². The highest BCUT2D eigenvalue weighted by molar-refractivity contribution is 8.76. The summed E-state index contributed by atoms with van der Waals surface area (Å²) < 4.78 is 0. The quantitative estimate of drug-likeness (QED) is 0.410. The third-order valence-corrected chi connectivity index (χ3v) is 5.40. The molecule has 2 rings (SSSR count). The molecule has 0 heterocycles. The van der Waals surface area contributed by atoms with Crippen molar-refractivity contribution >= 4 is 27.4 Å². The van der Waals surface area contributed by atoms with Gasteiger partial charge in [0.15, 0.2) is 5.78 Å². The summed E-state index contributed by atoms with van der Waals surface area (Å²) in [6.07, 6.45) is 0. The second-order valence-electron chi connectivity index (χ2n) is 4.70. The summed E-state index contributed by atoms with van der Waals surface area (Å²) in [4.78, 5) is 11.2. The predicted molar refractivity (Wildman–Crippen MR) is 90.2 cm³/mol. The molecule has 1 nitrogen and oxygen atoms in total. The number of hydrogen-bond acceptors (Lipinski definition) is 3. The van der Waals surface area contributed by atoms with Gasteiger partial charge < -0.3 is 0 Å². The molecule has 0 aliphatic rings. The van der Waals surface area contributed by atoms with Crippen LogP contribution in [0.25, 0.3) is 0 Å². The lowest BCUT2D eigenvalue weighted by Crippen LogP contribution is -1.91. The van der Waals surface area contributed by atoms with E-state index in [9.17, 15) is 4.79 Å². The van der Waals surface area contributed by atoms with Crippen molar-refractivity contribution in [1.29, 1.82) is 0 Å². The number of carbonyl (C=O) groups excluding carboxylic acids is 1. The van der Waals surface area contributed by atoms with E-state index in [0.717, 1.165) is 17.1 Å². The fourth-order valence-corrected chi connectivity index (χ4v) is 4.06. The molecule has 2 aromatic rings. The van der Waals surface area contributed by atoms with Crippen molar-refractivity contribution in [2.45, 2.75) is 25.4 Å². The maximum absolute atomic E-state index is 11.2. The van der Waals surface area contributed by atoms with Gasteiger partial charge in [0.1, 0.15) is 0 Å². The Labute approximate surface area is 128 Å². The molecule has 0 unspecified atom stereocenters. The Morgan fingerprint density at radius 2 is 1.60 bits per heavy atom. The van der Waals surface area contributed by atoms with Gasteiger partial charge in [-0.1, -0.05) is 70.1 Å². The molecule has 0 fully saturated rings. The minimum atomic E-state index is 0.123. The number of carbonyl (C=O) groups is 1. The van der Waals surface area contributed by atoms with Gasteiger partial charge in [-0.3, -0.25) is 4.79 Å². The highest BCUT2D eigenvalue weighted by atomic mass is 33.1. The van der Waals surface area contributed by atoms with Gasteiger partial charge in [-0.2, -0.15) is 0 Å². The summed E-state index contributed by atoms with van der Waals surface area (Å²) in [6, 6.07) is 16.4. The first-order valence-corrected chi connectivity index (χ1v) is 9.04. The number of hydrogen-bond donors (Lipinski definition) is 0. The van der Waals surface area contributed by atoms with E-state index in [4.69, 9.17) is 0 Å². The molecule has 0 atom stereocenters. The van der Waals surface area contributed by atoms with Gasteiger partial charge in [0.2, 0.25) is 0 Å². The van der Waals surface area contributed by atoms with Crippen molar-refractivity contribution in [1.82, 2.24) is 0 Å². The molecule has 0 aliphatic carbocycles. The van der Waals surface area contributed by atoms with Crippen LogP contribution in [0.15, 0.2) is 48.5 Å². The van der Waals surface area contributed by atoms with Gasteiger partial charge >= 0.3 is 0 Å². The smallest absolute Gasteiger partial charge is 0.159 e. The van der Waals surface area contributed by atoms with Gasteiger partial charge in [0, 0.05) is 17.1 Å². The molecule has 0 saturated heterocycles. The Bertz CT molecular complexity index is 576. The van der Waals surface area contributed by atoms with E-state index >= 15 is 0 Å². The number of rotatable bonds is 6. The van der Waals surface area contributed by atoms with Crippen LogP contribution in [-0.2, 0) is 11.5 Å². The van der Waals surface area contributed by atoms with Crippen LogP contribution in [0.5, 0.6) is 0 Å². The van der Waals surface area contributed by atoms with E-state index in [2.05, 4.69) is 31.2 Å². The molecule has 0 aromatic heterocycles. The Morgan fingerprint density at radius 3 is 2.25 bits per heavy atom. The topological polar surface area (TPSA) is 17.1 Å². The summed E-state index contributed by atoms with van der Waals surface area (Å²) >= 11 is 0. The zero-order valence-corrected chi connectivity index (χ0v) is 13.4. The van der Waals surface area contributed by atoms with Crippen LogP contribution in [0.4, 0.5) is 0 Å². The van der Waals surface area contributed by atoms with Crippen LogP contribution in [0.1, 0.15) is 34.0 Å². The fraction of sp³-hybridized carbons (Fsp3) is 0.235. The standard InChI is InChI=1S/C17H18OS2/c1-13-5-3-4-6-17(13)12-20-19-11-15-7-9-16(10-8-15)14(2)18/h3-10H,11-12H2,1-2H3. The van der Waals surface area contributed by atoms with Crippen molar-refractivity contribution in [2.24, 2.45) is 0 Å². The van der Waals surface area contributed by atoms with Crippen LogP contribution in [0, 0.1) is 6.92 Å². The summed E-state index contributed by atoms with van der Waals surface area (Å²) in [7, 11) is 3.73. The lowest BCUT2D eigenvalue weighted by atomic mass is 10.1. The molecular formula is C17H18OS2. The maximum Gasteiger partial charge on any atom is 0.159 e. The number of ketones is 1. The first-order valence-electron chi connectivity index (χ1n) is 6.55. The number of aryl methyl sites for hydroxylation is 1. The van der Waals surface area contributed by atoms with E-state index in [1.165, 1.54) is 16.7 Å². The molecule has 0 aliphatic heterocycles. The molecule has 104 valence electrons. The predicted octanol–water partition coefficient (Wildman–Crippen LogP) is 5.28. The van der Waals surface area contributed by atoms with E-state index < -0.39 is 0 Å². The van der Waals surface area contributed by atoms with Gasteiger partial charge in [-0.25, -0.2) is 0 Å². The van der Waals surface area contributed by atoms with Crippen molar-refractivity contribution in [3.63, 3.8) is 0 Å². The van der Waals surface area contributed by atoms with Crippen molar-refractivity contribution in [3.8, 4) is 0 Å². The number of benzene rings is 2. The van der Waals surface area contributed by atoms with E-state index in [-0.39, 0.29) is 5.78 Å². The molecule has 2 aromatic carbocycles. The highest BCUT2D eigenvalue weighted by Crippen LogP contribution is 2.30. The van der Waals surface area contributed by atoms with E-state index in [0.29, 0.717) is 0 Å². The Kier molecular flexibility index (Phi) is 5.74. The molecular weight excluding hydrogens is 284 g/mol. The van der Waals surface area contributed by atoms with Gasteiger partial charge in [0.25, 0.3) is 0 Å². The monoisotopic (exact) mass is 302 g/mol. The zero-order valence-electron chi connectivity index (χ0n) is 11.8. The summed E-state index contributed by atoms with van der Waals surface area (Å²) in [6.45, 7) is 3.75. The molecule has 0 bridgehead atoms. The minimum Gasteiger partial charge on any atom is -0.295 e. The van der Waals surface area contributed by atoms with Gasteiger partial charge in [-0.05, 0) is 30.5 Å². The molecule has 0 spiro atoms. The van der Waals surface area contributed by atoms with Gasteiger partial charge in [0.05, 0.1) is 0 Å². The van der Waals surface area contributed by atoms with Crippen LogP contribution in [0.2, 0.25) is 0 Å². The average Bonchev–Trinajstić information content (AvgIpc) is 2.46. The third-order valence-electron chi connectivity index (χ3n) is 3.15. The molecule has 0 radical (unpaired) electrons. The maximum atomic E-state index is 11.2. The lowest BCUT2D eigenvalue weighted by Gasteiger charge is -2.05. The largest absolute Gasteiger partial charge is 0.295 e. The second kappa shape index (κ2) is 7.55. The van der Waals surface area contributed by atoms with E-state index in [1.807, 2.05) is 45.9 Å². The van der Waals surface area contributed by atoms with Crippen LogP contribution in [0.3, 0.4) is 0 Å². The molecule has 20 heavy (non-hydrogen) atoms. The Hall–Kier alpha value is -1.19. The molecule has 0 N–H and O–H groups in total. The van der Waals surface area contributed by atoms with Gasteiger partial charge in [-0.15, -0.1) is 0 Å². The first kappa shape index (κ1) is 15.2. The van der Waals surface area contributed by atoms with Crippen molar-refractivity contribution < 1.29 is 4.79 Å². The number of Topliss-reactive ketones (excluding diaryl/α,β-unsaturated/α-hetero) is 1. The molecule has 0 amide bonds. The summed E-state index contributed by atoms with van der Waals surface area (Å²) in [5.74, 6) is 2.12. The Balaban J connectivity index is 1.79. The zero-order chi connectivity index (χ0) is 14.4. The highest BCUT2D eigenvalue weighted by Gasteiger charge is 2.01. The van der Waals surface area contributed by atoms with Crippen LogP contribution >= 0.6 is 21.6 Å². The molecule has 0 saturated carbocycles. The summed E-state index contributed by atoms with van der Waals surface area (Å²) in [5.41, 5.74) is 4.80. The lowest BCUT2D eigenvalue weighted by molar-refractivity contribution is 0.101. The Morgan fingerprint density at radius 1 is 0.950 bits per heavy atom. The van der Waals surface area contributed by atoms with Crippen LogP contribution < -0.4 is 0 Å². The first-order chi connectivity index (χ1) is 9.66. The van der Waals surface area contributed by atoms with Crippen molar-refractivity contribution in [2.75, 3.05) is 0 Å². The fourth-order valence-electron chi connectivity index (χ4n) is 1.82. The van der Waals surface area contributed by atoms with Crippen LogP contribution in [-0.4, -0.2) is 5.78 Å². The average molecular weight is 302 g/mol. The van der Waals surface area contributed by atoms with Crippen molar-refractivity contribution in [3.05, 3.63) is 70.8 Å². The SMILES string of the molecule is CC(=O)c1ccc(CSSCc2ccccc2C)cc1.